The average Bonchev–Trinajstić information content (AvgIpc) is 3.07. The lowest BCUT2D eigenvalue weighted by atomic mass is 9.52. The van der Waals surface area contributed by atoms with Crippen LogP contribution >= 0.6 is 0 Å². The molecule has 0 aromatic carbocycles. The molecule has 8 atom stereocenters. The van der Waals surface area contributed by atoms with Crippen molar-refractivity contribution in [2.24, 2.45) is 47.3 Å². The molecule has 4 saturated carbocycles. The van der Waals surface area contributed by atoms with Gasteiger partial charge in [0.1, 0.15) is 0 Å². The van der Waals surface area contributed by atoms with Gasteiger partial charge in [-0.1, -0.05) is 71.6 Å². The zero-order chi connectivity index (χ0) is 16.5. The summed E-state index contributed by atoms with van der Waals surface area (Å²) in [4.78, 5) is 0. The third-order valence-electron chi connectivity index (χ3n) is 9.13. The Kier molecular flexibility index (Phi) is 5.59. The molecular formula is C24H42. The van der Waals surface area contributed by atoms with E-state index in [0.29, 0.717) is 0 Å². The van der Waals surface area contributed by atoms with Gasteiger partial charge in [-0.25, -0.2) is 0 Å². The predicted octanol–water partition coefficient (Wildman–Crippen LogP) is 7.47. The molecule has 0 nitrogen and oxygen atoms in total. The molecule has 0 spiro atoms. The smallest absolute Gasteiger partial charge is 0.0321 e. The number of fused-ring (bicyclic) bond motifs is 2. The molecule has 0 aromatic heterocycles. The van der Waals surface area contributed by atoms with Crippen LogP contribution in [0.25, 0.3) is 0 Å². The largest absolute Gasteiger partial charge is 0.0654 e. The summed E-state index contributed by atoms with van der Waals surface area (Å²) in [5, 5.41) is 0. The average molecular weight is 331 g/mol. The van der Waals surface area contributed by atoms with E-state index in [1.807, 2.05) is 0 Å². The van der Waals surface area contributed by atoms with Gasteiger partial charge < -0.3 is 0 Å². The summed E-state index contributed by atoms with van der Waals surface area (Å²) in [5.74, 6) is 8.85. The van der Waals surface area contributed by atoms with Crippen molar-refractivity contribution >= 4 is 0 Å². The Hall–Kier alpha value is 0. The van der Waals surface area contributed by atoms with E-state index in [2.05, 4.69) is 13.8 Å². The van der Waals surface area contributed by atoms with Gasteiger partial charge in [-0.15, -0.1) is 0 Å². The number of unbranched alkanes of at least 4 members (excludes halogenated alkanes) is 1. The maximum atomic E-state index is 2.64. The van der Waals surface area contributed by atoms with Crippen LogP contribution in [0.1, 0.15) is 104 Å². The van der Waals surface area contributed by atoms with E-state index in [4.69, 9.17) is 0 Å². The normalized spacial score (nSPS) is 48.8. The van der Waals surface area contributed by atoms with E-state index in [9.17, 15) is 0 Å². The van der Waals surface area contributed by atoms with Gasteiger partial charge in [0, 0.05) is 0 Å². The molecule has 138 valence electrons. The SMILES string of the molecule is CCCCC1C(C)CC2CCCC2C1C1CCCC2CCCCC21. The molecule has 0 amide bonds. The Labute approximate surface area is 151 Å². The van der Waals surface area contributed by atoms with E-state index in [1.54, 1.807) is 77.0 Å². The molecule has 24 heavy (non-hydrogen) atoms. The quantitative estimate of drug-likeness (QED) is 0.501. The van der Waals surface area contributed by atoms with Gasteiger partial charge in [0.25, 0.3) is 0 Å². The highest BCUT2D eigenvalue weighted by molar-refractivity contribution is 4.99. The van der Waals surface area contributed by atoms with Gasteiger partial charge in [-0.3, -0.25) is 0 Å². The molecule has 0 heterocycles. The summed E-state index contributed by atoms with van der Waals surface area (Å²) in [6, 6.07) is 0. The van der Waals surface area contributed by atoms with E-state index in [1.165, 1.54) is 12.8 Å². The second-order valence-corrected chi connectivity index (χ2v) is 10.3. The fourth-order valence-electron chi connectivity index (χ4n) is 8.23. The summed E-state index contributed by atoms with van der Waals surface area (Å²) in [7, 11) is 0. The second-order valence-electron chi connectivity index (χ2n) is 10.3. The molecule has 4 aliphatic carbocycles. The molecule has 8 unspecified atom stereocenters. The summed E-state index contributed by atoms with van der Waals surface area (Å²) in [6.07, 6.45) is 21.8. The zero-order valence-electron chi connectivity index (χ0n) is 16.5. The highest BCUT2D eigenvalue weighted by Gasteiger charge is 2.50. The fourth-order valence-corrected chi connectivity index (χ4v) is 8.23. The van der Waals surface area contributed by atoms with Crippen molar-refractivity contribution in [2.45, 2.75) is 104 Å². The standard InChI is InChI=1S/C24H42/c1-3-4-12-20-17(2)16-19-11-8-14-22(19)24(20)23-15-7-10-18-9-5-6-13-21(18)23/h17-24H,3-16H2,1-2H3. The lowest BCUT2D eigenvalue weighted by Gasteiger charge is -2.53. The fraction of sp³-hybridized carbons (Fsp3) is 1.00. The van der Waals surface area contributed by atoms with Crippen LogP contribution in [0, 0.1) is 47.3 Å². The molecule has 0 aliphatic heterocycles. The molecule has 4 fully saturated rings. The van der Waals surface area contributed by atoms with Crippen molar-refractivity contribution in [3.05, 3.63) is 0 Å². The predicted molar refractivity (Wildman–Crippen MR) is 104 cm³/mol. The summed E-state index contributed by atoms with van der Waals surface area (Å²) in [6.45, 7) is 5.04. The van der Waals surface area contributed by atoms with Crippen LogP contribution in [0.5, 0.6) is 0 Å². The van der Waals surface area contributed by atoms with Gasteiger partial charge in [-0.2, -0.15) is 0 Å². The topological polar surface area (TPSA) is 0 Å². The van der Waals surface area contributed by atoms with Crippen molar-refractivity contribution in [1.82, 2.24) is 0 Å². The van der Waals surface area contributed by atoms with Gasteiger partial charge in [0.15, 0.2) is 0 Å². The van der Waals surface area contributed by atoms with E-state index in [-0.39, 0.29) is 0 Å². The second kappa shape index (κ2) is 7.71. The first-order valence-corrected chi connectivity index (χ1v) is 11.8. The van der Waals surface area contributed by atoms with Gasteiger partial charge in [0.2, 0.25) is 0 Å². The van der Waals surface area contributed by atoms with Gasteiger partial charge in [0.05, 0.1) is 0 Å². The van der Waals surface area contributed by atoms with Crippen molar-refractivity contribution in [1.29, 1.82) is 0 Å². The summed E-state index contributed by atoms with van der Waals surface area (Å²) in [5.41, 5.74) is 0. The van der Waals surface area contributed by atoms with Crippen molar-refractivity contribution in [2.75, 3.05) is 0 Å². The molecule has 0 N–H and O–H groups in total. The maximum Gasteiger partial charge on any atom is -0.0321 e. The minimum atomic E-state index is 1.02. The van der Waals surface area contributed by atoms with E-state index < -0.39 is 0 Å². The molecule has 0 radical (unpaired) electrons. The first kappa shape index (κ1) is 17.4. The van der Waals surface area contributed by atoms with Gasteiger partial charge >= 0.3 is 0 Å². The van der Waals surface area contributed by atoms with Crippen LogP contribution < -0.4 is 0 Å². The third kappa shape index (κ3) is 3.21. The molecule has 4 rings (SSSR count). The highest BCUT2D eigenvalue weighted by Crippen LogP contribution is 2.58. The van der Waals surface area contributed by atoms with Crippen LogP contribution in [0.3, 0.4) is 0 Å². The Bertz CT molecular complexity index is 397. The highest BCUT2D eigenvalue weighted by atomic mass is 14.6. The molecule has 4 aliphatic rings. The molecule has 0 bridgehead atoms. The number of hydrogen-bond acceptors (Lipinski definition) is 0. The van der Waals surface area contributed by atoms with E-state index >= 15 is 0 Å². The Morgan fingerprint density at radius 1 is 0.708 bits per heavy atom. The third-order valence-corrected chi connectivity index (χ3v) is 9.13. The summed E-state index contributed by atoms with van der Waals surface area (Å²) < 4.78 is 0. The lowest BCUT2D eigenvalue weighted by Crippen LogP contribution is -2.46. The van der Waals surface area contributed by atoms with Crippen molar-refractivity contribution < 1.29 is 0 Å². The Balaban J connectivity index is 1.59. The van der Waals surface area contributed by atoms with Crippen LogP contribution in [-0.4, -0.2) is 0 Å². The Morgan fingerprint density at radius 2 is 1.38 bits per heavy atom. The minimum Gasteiger partial charge on any atom is -0.0654 e. The van der Waals surface area contributed by atoms with E-state index in [0.717, 1.165) is 47.3 Å². The molecule has 0 saturated heterocycles. The maximum absolute atomic E-state index is 2.64. The number of rotatable bonds is 4. The van der Waals surface area contributed by atoms with Crippen LogP contribution in [0.15, 0.2) is 0 Å². The molecular weight excluding hydrogens is 288 g/mol. The zero-order valence-corrected chi connectivity index (χ0v) is 16.5. The van der Waals surface area contributed by atoms with Crippen molar-refractivity contribution in [3.63, 3.8) is 0 Å². The van der Waals surface area contributed by atoms with Gasteiger partial charge in [-0.05, 0) is 79.4 Å². The first-order chi connectivity index (χ1) is 11.8. The summed E-state index contributed by atoms with van der Waals surface area (Å²) >= 11 is 0. The minimum absolute atomic E-state index is 1.02. The van der Waals surface area contributed by atoms with Crippen LogP contribution in [0.4, 0.5) is 0 Å². The lowest BCUT2D eigenvalue weighted by molar-refractivity contribution is -0.0432. The monoisotopic (exact) mass is 330 g/mol. The first-order valence-electron chi connectivity index (χ1n) is 11.8. The number of hydrogen-bond donors (Lipinski definition) is 0. The Morgan fingerprint density at radius 3 is 2.21 bits per heavy atom. The molecule has 0 aromatic rings. The van der Waals surface area contributed by atoms with Crippen LogP contribution in [-0.2, 0) is 0 Å². The molecule has 0 heteroatoms. The van der Waals surface area contributed by atoms with Crippen molar-refractivity contribution in [3.8, 4) is 0 Å². The van der Waals surface area contributed by atoms with Crippen LogP contribution in [0.2, 0.25) is 0 Å².